The molecular formula is C28H31F3N2O3S. The second kappa shape index (κ2) is 12.0. The number of anilines is 2. The van der Waals surface area contributed by atoms with Crippen LogP contribution < -0.4 is 14.8 Å². The van der Waals surface area contributed by atoms with Gasteiger partial charge in [-0.25, -0.2) is 13.1 Å². The van der Waals surface area contributed by atoms with Crippen molar-refractivity contribution >= 4 is 21.4 Å². The van der Waals surface area contributed by atoms with Gasteiger partial charge in [-0.15, -0.1) is 0 Å². The molecule has 9 heteroatoms. The van der Waals surface area contributed by atoms with E-state index in [2.05, 4.69) is 10.0 Å². The van der Waals surface area contributed by atoms with Crippen LogP contribution in [-0.2, 0) is 22.8 Å². The highest BCUT2D eigenvalue weighted by Gasteiger charge is 2.34. The Labute approximate surface area is 216 Å². The van der Waals surface area contributed by atoms with Crippen molar-refractivity contribution in [2.24, 2.45) is 5.92 Å². The molecule has 0 saturated heterocycles. The Kier molecular flexibility index (Phi) is 8.76. The second-order valence-corrected chi connectivity index (χ2v) is 11.1. The van der Waals surface area contributed by atoms with Crippen molar-refractivity contribution in [3.05, 3.63) is 83.9 Å². The lowest BCUT2D eigenvalue weighted by Crippen LogP contribution is -2.26. The fourth-order valence-corrected chi connectivity index (χ4v) is 5.64. The van der Waals surface area contributed by atoms with Crippen molar-refractivity contribution in [2.45, 2.75) is 56.2 Å². The van der Waals surface area contributed by atoms with E-state index in [-0.39, 0.29) is 28.6 Å². The van der Waals surface area contributed by atoms with E-state index < -0.39 is 21.8 Å². The van der Waals surface area contributed by atoms with Crippen LogP contribution in [0, 0.1) is 5.92 Å². The molecule has 0 unspecified atom stereocenters. The van der Waals surface area contributed by atoms with Crippen molar-refractivity contribution in [3.63, 3.8) is 0 Å². The van der Waals surface area contributed by atoms with Crippen LogP contribution in [0.1, 0.15) is 49.7 Å². The van der Waals surface area contributed by atoms with Crippen LogP contribution in [-0.4, -0.2) is 15.0 Å². The number of halogens is 3. The Morgan fingerprint density at radius 2 is 1.65 bits per heavy atom. The van der Waals surface area contributed by atoms with Crippen LogP contribution in [0.25, 0.3) is 0 Å². The normalized spacial score (nSPS) is 14.9. The predicted molar refractivity (Wildman–Crippen MR) is 138 cm³/mol. The van der Waals surface area contributed by atoms with Gasteiger partial charge in [0.25, 0.3) is 0 Å². The first-order valence-electron chi connectivity index (χ1n) is 12.5. The molecule has 0 spiro atoms. The third-order valence-corrected chi connectivity index (χ3v) is 8.00. The molecule has 1 saturated carbocycles. The summed E-state index contributed by atoms with van der Waals surface area (Å²) in [6.07, 6.45) is 2.00. The van der Waals surface area contributed by atoms with Crippen molar-refractivity contribution < 1.29 is 26.3 Å². The van der Waals surface area contributed by atoms with Gasteiger partial charge in [-0.1, -0.05) is 68.5 Å². The zero-order valence-electron chi connectivity index (χ0n) is 20.4. The monoisotopic (exact) mass is 532 g/mol. The molecule has 0 bridgehead atoms. The van der Waals surface area contributed by atoms with Gasteiger partial charge in [0.1, 0.15) is 12.4 Å². The third-order valence-electron chi connectivity index (χ3n) is 6.54. The Bertz CT molecular complexity index is 1280. The lowest BCUT2D eigenvalue weighted by molar-refractivity contribution is -0.137. The van der Waals surface area contributed by atoms with E-state index >= 15 is 0 Å². The minimum Gasteiger partial charge on any atom is -0.489 e. The number of alkyl halides is 3. The van der Waals surface area contributed by atoms with Gasteiger partial charge in [-0.05, 0) is 54.3 Å². The average Bonchev–Trinajstić information content (AvgIpc) is 2.89. The standard InChI is InChI=1S/C28H31F3N2O3S/c29-28(30,31)26-19-24(36-20-22-10-5-2-6-11-22)14-15-27(26)33-23-12-7-13-25(18-23)37(34,35)32-17-16-21-8-3-1-4-9-21/h2,5-7,10-15,18-19,21,32-33H,1,3-4,8-9,16-17,20H2. The fourth-order valence-electron chi connectivity index (χ4n) is 4.55. The molecule has 3 aromatic rings. The van der Waals surface area contributed by atoms with E-state index in [9.17, 15) is 21.6 Å². The Balaban J connectivity index is 1.45. The van der Waals surface area contributed by atoms with Gasteiger partial charge in [0.05, 0.1) is 16.1 Å². The largest absolute Gasteiger partial charge is 0.489 e. The lowest BCUT2D eigenvalue weighted by atomic mass is 9.87. The van der Waals surface area contributed by atoms with Crippen LogP contribution in [0.15, 0.2) is 77.7 Å². The zero-order valence-corrected chi connectivity index (χ0v) is 21.2. The Morgan fingerprint density at radius 3 is 2.38 bits per heavy atom. The summed E-state index contributed by atoms with van der Waals surface area (Å²) >= 11 is 0. The van der Waals surface area contributed by atoms with Crippen LogP contribution >= 0.6 is 0 Å². The van der Waals surface area contributed by atoms with Gasteiger partial charge in [0.2, 0.25) is 10.0 Å². The van der Waals surface area contributed by atoms with Crippen molar-refractivity contribution in [1.82, 2.24) is 4.72 Å². The minimum absolute atomic E-state index is 0.00230. The van der Waals surface area contributed by atoms with Crippen LogP contribution in [0.3, 0.4) is 0 Å². The number of nitrogens with one attached hydrogen (secondary N) is 2. The molecule has 0 aliphatic heterocycles. The highest BCUT2D eigenvalue weighted by atomic mass is 32.2. The fraction of sp³-hybridized carbons (Fsp3) is 0.357. The minimum atomic E-state index is -4.64. The van der Waals surface area contributed by atoms with E-state index in [0.29, 0.717) is 12.5 Å². The van der Waals surface area contributed by atoms with Gasteiger partial charge < -0.3 is 10.1 Å². The number of benzene rings is 3. The maximum Gasteiger partial charge on any atom is 0.418 e. The van der Waals surface area contributed by atoms with Crippen LogP contribution in [0.2, 0.25) is 0 Å². The van der Waals surface area contributed by atoms with E-state index in [4.69, 9.17) is 4.74 Å². The van der Waals surface area contributed by atoms with Crippen molar-refractivity contribution in [1.29, 1.82) is 0 Å². The summed E-state index contributed by atoms with van der Waals surface area (Å²) < 4.78 is 75.4. The molecule has 2 N–H and O–H groups in total. The molecule has 4 rings (SSSR count). The smallest absolute Gasteiger partial charge is 0.418 e. The maximum atomic E-state index is 13.9. The van der Waals surface area contributed by atoms with Gasteiger partial charge >= 0.3 is 6.18 Å². The van der Waals surface area contributed by atoms with Gasteiger partial charge in [-0.2, -0.15) is 13.2 Å². The van der Waals surface area contributed by atoms with E-state index in [1.165, 1.54) is 55.7 Å². The molecule has 1 aliphatic carbocycles. The zero-order chi connectivity index (χ0) is 26.3. The first-order chi connectivity index (χ1) is 17.7. The van der Waals surface area contributed by atoms with E-state index in [0.717, 1.165) is 30.9 Å². The molecule has 37 heavy (non-hydrogen) atoms. The predicted octanol–water partition coefficient (Wildman–Crippen LogP) is 7.28. The summed E-state index contributed by atoms with van der Waals surface area (Å²) in [5.41, 5.74) is -0.0291. The molecule has 0 atom stereocenters. The molecule has 1 fully saturated rings. The highest BCUT2D eigenvalue weighted by molar-refractivity contribution is 7.89. The van der Waals surface area contributed by atoms with Crippen molar-refractivity contribution in [3.8, 4) is 5.75 Å². The van der Waals surface area contributed by atoms with Crippen LogP contribution in [0.4, 0.5) is 24.5 Å². The van der Waals surface area contributed by atoms with Gasteiger partial charge in [0, 0.05) is 12.2 Å². The number of rotatable bonds is 10. The number of ether oxygens (including phenoxy) is 1. The second-order valence-electron chi connectivity index (χ2n) is 9.32. The maximum absolute atomic E-state index is 13.9. The SMILES string of the molecule is O=S(=O)(NCCC1CCCCC1)c1cccc(Nc2ccc(OCc3ccccc3)cc2C(F)(F)F)c1. The molecule has 3 aromatic carbocycles. The summed E-state index contributed by atoms with van der Waals surface area (Å²) in [5.74, 6) is 0.616. The van der Waals surface area contributed by atoms with Gasteiger partial charge in [0.15, 0.2) is 0 Å². The van der Waals surface area contributed by atoms with Crippen molar-refractivity contribution in [2.75, 3.05) is 11.9 Å². The summed E-state index contributed by atoms with van der Waals surface area (Å²) in [4.78, 5) is -0.00230. The molecule has 0 amide bonds. The van der Waals surface area contributed by atoms with Crippen LogP contribution in [0.5, 0.6) is 5.75 Å². The van der Waals surface area contributed by atoms with E-state index in [1.807, 2.05) is 30.3 Å². The molecule has 198 valence electrons. The summed E-state index contributed by atoms with van der Waals surface area (Å²) in [6, 6.07) is 18.6. The summed E-state index contributed by atoms with van der Waals surface area (Å²) in [7, 11) is -3.79. The number of hydrogen-bond donors (Lipinski definition) is 2. The molecule has 0 aromatic heterocycles. The van der Waals surface area contributed by atoms with E-state index in [1.54, 1.807) is 0 Å². The summed E-state index contributed by atoms with van der Waals surface area (Å²) in [6.45, 7) is 0.478. The van der Waals surface area contributed by atoms with Gasteiger partial charge in [-0.3, -0.25) is 0 Å². The first kappa shape index (κ1) is 27.0. The highest BCUT2D eigenvalue weighted by Crippen LogP contribution is 2.38. The first-order valence-corrected chi connectivity index (χ1v) is 13.9. The molecule has 5 nitrogen and oxygen atoms in total. The Hall–Kier alpha value is -3.04. The summed E-state index contributed by atoms with van der Waals surface area (Å²) in [5, 5.41) is 2.73. The topological polar surface area (TPSA) is 67.4 Å². The molecule has 0 heterocycles. The lowest BCUT2D eigenvalue weighted by Gasteiger charge is -2.21. The number of hydrogen-bond acceptors (Lipinski definition) is 4. The third kappa shape index (κ3) is 7.72. The molecule has 0 radical (unpaired) electrons. The molecular weight excluding hydrogens is 501 g/mol. The Morgan fingerprint density at radius 1 is 0.892 bits per heavy atom. The average molecular weight is 533 g/mol. The number of sulfonamides is 1. The molecule has 1 aliphatic rings. The quantitative estimate of drug-likeness (QED) is 0.288.